The molecule has 0 amide bonds. The van der Waals surface area contributed by atoms with E-state index in [1.54, 1.807) is 36.4 Å². The van der Waals surface area contributed by atoms with E-state index >= 15 is 0 Å². The Labute approximate surface area is 219 Å². The van der Waals surface area contributed by atoms with Crippen LogP contribution in [-0.2, 0) is 33.9 Å². The first kappa shape index (κ1) is 26.7. The number of hydrogen-bond donors (Lipinski definition) is 0. The minimum atomic E-state index is -1.01. The maximum Gasteiger partial charge on any atom is 2.00 e. The van der Waals surface area contributed by atoms with Crippen molar-refractivity contribution >= 4 is 5.69 Å². The number of nitriles is 1. The van der Waals surface area contributed by atoms with Crippen LogP contribution in [0.15, 0.2) is 48.5 Å². The minimum Gasteiger partial charge on any atom is -0.301 e. The molecule has 2 aromatic carbocycles. The van der Waals surface area contributed by atoms with E-state index in [1.807, 2.05) is 0 Å². The number of aryl methyl sites for hydroxylation is 2. The van der Waals surface area contributed by atoms with E-state index in [0.29, 0.717) is 30.7 Å². The van der Waals surface area contributed by atoms with Crippen LogP contribution in [0.1, 0.15) is 23.4 Å². The summed E-state index contributed by atoms with van der Waals surface area (Å²) in [5.41, 5.74) is 0.211. The molecule has 0 saturated carbocycles. The van der Waals surface area contributed by atoms with Crippen LogP contribution in [0.5, 0.6) is 0 Å². The summed E-state index contributed by atoms with van der Waals surface area (Å²) < 4.78 is 56.2. The predicted octanol–water partition coefficient (Wildman–Crippen LogP) is 6.56. The molecule has 0 spiro atoms. The third kappa shape index (κ3) is 5.51. The van der Waals surface area contributed by atoms with Gasteiger partial charge in [0.25, 0.3) is 0 Å². The van der Waals surface area contributed by atoms with Gasteiger partial charge in [-0.25, -0.2) is 0 Å². The van der Waals surface area contributed by atoms with Crippen LogP contribution >= 0.6 is 0 Å². The SMILES string of the molecule is [C-]#[N+]c1c(F)c[c-]c(-c2cccc(CCCc3cccc(-c4[c-]cc(F)c(C#N)c4F)n3)n2)c1F.[Pt+2]. The van der Waals surface area contributed by atoms with Gasteiger partial charge < -0.3 is 9.97 Å². The average Bonchev–Trinajstić information content (AvgIpc) is 2.85. The summed E-state index contributed by atoms with van der Waals surface area (Å²) in [5, 5.41) is 8.97. The summed E-state index contributed by atoms with van der Waals surface area (Å²) in [5.74, 6) is -3.98. The molecule has 36 heavy (non-hydrogen) atoms. The summed E-state index contributed by atoms with van der Waals surface area (Å²) >= 11 is 0. The van der Waals surface area contributed by atoms with Gasteiger partial charge in [0.15, 0.2) is 5.69 Å². The second-order valence-corrected chi connectivity index (χ2v) is 7.48. The molecule has 2 aromatic heterocycles. The molecule has 0 aliphatic rings. The quantitative estimate of drug-likeness (QED) is 0.173. The fraction of sp³-hybridized carbons (Fsp3) is 0.111. The molecule has 4 nitrogen and oxygen atoms in total. The Kier molecular flexibility index (Phi) is 8.69. The maximum atomic E-state index is 14.5. The van der Waals surface area contributed by atoms with E-state index in [4.69, 9.17) is 11.8 Å². The van der Waals surface area contributed by atoms with E-state index in [9.17, 15) is 17.6 Å². The Hall–Kier alpha value is -3.87. The molecule has 0 fully saturated rings. The first-order valence-corrected chi connectivity index (χ1v) is 10.4. The Bertz CT molecular complexity index is 1400. The van der Waals surface area contributed by atoms with Gasteiger partial charge in [-0.15, -0.1) is 29.8 Å². The molecular formula is C27H14F4N4Pt. The van der Waals surface area contributed by atoms with Crippen LogP contribution < -0.4 is 0 Å². The van der Waals surface area contributed by atoms with Gasteiger partial charge in [-0.1, -0.05) is 29.8 Å². The smallest absolute Gasteiger partial charge is 0.301 e. The van der Waals surface area contributed by atoms with Crippen LogP contribution in [0, 0.1) is 53.3 Å². The van der Waals surface area contributed by atoms with Gasteiger partial charge in [0.2, 0.25) is 0 Å². The van der Waals surface area contributed by atoms with Crippen molar-refractivity contribution in [2.24, 2.45) is 0 Å². The van der Waals surface area contributed by atoms with E-state index in [1.165, 1.54) is 6.07 Å². The zero-order valence-electron chi connectivity index (χ0n) is 18.4. The number of rotatable bonds is 6. The third-order valence-corrected chi connectivity index (χ3v) is 5.23. The summed E-state index contributed by atoms with van der Waals surface area (Å²) in [6.07, 6.45) is 1.62. The molecule has 0 radical (unpaired) electrons. The fourth-order valence-electron chi connectivity index (χ4n) is 3.54. The topological polar surface area (TPSA) is 53.9 Å². The molecule has 9 heteroatoms. The summed E-state index contributed by atoms with van der Waals surface area (Å²) in [6, 6.07) is 18.3. The van der Waals surface area contributed by atoms with Crippen molar-refractivity contribution in [1.82, 2.24) is 9.97 Å². The van der Waals surface area contributed by atoms with Gasteiger partial charge in [0.1, 0.15) is 0 Å². The average molecular weight is 666 g/mol. The molecule has 0 unspecified atom stereocenters. The first-order valence-electron chi connectivity index (χ1n) is 10.4. The van der Waals surface area contributed by atoms with Crippen LogP contribution in [0.3, 0.4) is 0 Å². The Morgan fingerprint density at radius 1 is 0.833 bits per heavy atom. The molecule has 0 N–H and O–H groups in total. The van der Waals surface area contributed by atoms with E-state index < -0.39 is 34.5 Å². The summed E-state index contributed by atoms with van der Waals surface area (Å²) in [4.78, 5) is 11.7. The number of aromatic nitrogens is 2. The molecule has 180 valence electrons. The number of hydrogen-bond acceptors (Lipinski definition) is 3. The third-order valence-electron chi connectivity index (χ3n) is 5.23. The Morgan fingerprint density at radius 2 is 1.36 bits per heavy atom. The molecule has 4 aromatic rings. The molecular weight excluding hydrogens is 651 g/mol. The van der Waals surface area contributed by atoms with Gasteiger partial charge in [-0.3, -0.25) is 22.4 Å². The number of pyridine rings is 2. The number of benzene rings is 2. The van der Waals surface area contributed by atoms with Crippen molar-refractivity contribution in [2.75, 3.05) is 0 Å². The zero-order valence-corrected chi connectivity index (χ0v) is 20.6. The summed E-state index contributed by atoms with van der Waals surface area (Å²) in [7, 11) is 0. The monoisotopic (exact) mass is 665 g/mol. The van der Waals surface area contributed by atoms with E-state index in [0.717, 1.165) is 12.1 Å². The second kappa shape index (κ2) is 11.7. The van der Waals surface area contributed by atoms with Crippen LogP contribution in [0.25, 0.3) is 27.4 Å². The van der Waals surface area contributed by atoms with Gasteiger partial charge in [-0.05, 0) is 42.8 Å². The van der Waals surface area contributed by atoms with Gasteiger partial charge in [0, 0.05) is 28.6 Å². The van der Waals surface area contributed by atoms with E-state index in [-0.39, 0.29) is 43.6 Å². The number of halogens is 4. The van der Waals surface area contributed by atoms with Crippen molar-refractivity contribution in [1.29, 1.82) is 5.26 Å². The standard InChI is InChI=1S/C27H14F4N4.Pt/c1-33-27-22(29)14-12-19(26(27)31)24-10-4-8-17(35-24)6-2-5-16-7-3-9-23(34-16)18-11-13-21(28)20(15-32)25(18)30;/h3-4,7-10,13-14H,2,5-6H2;/q-2;+2. The zero-order chi connectivity index (χ0) is 24.9. The minimum absolute atomic E-state index is 0. The van der Waals surface area contributed by atoms with E-state index in [2.05, 4.69) is 26.9 Å². The first-order chi connectivity index (χ1) is 16.9. The molecule has 0 atom stereocenters. The Morgan fingerprint density at radius 3 is 1.89 bits per heavy atom. The van der Waals surface area contributed by atoms with Gasteiger partial charge >= 0.3 is 21.1 Å². The van der Waals surface area contributed by atoms with Crippen molar-refractivity contribution in [3.63, 3.8) is 0 Å². The fourth-order valence-corrected chi connectivity index (χ4v) is 3.54. The Balaban J connectivity index is 0.00000361. The molecule has 0 bridgehead atoms. The largest absolute Gasteiger partial charge is 2.00 e. The molecule has 0 aliphatic heterocycles. The van der Waals surface area contributed by atoms with Crippen molar-refractivity contribution in [2.45, 2.75) is 19.3 Å². The van der Waals surface area contributed by atoms with Gasteiger partial charge in [0.05, 0.1) is 24.3 Å². The maximum absolute atomic E-state index is 14.5. The van der Waals surface area contributed by atoms with Crippen molar-refractivity contribution in [3.8, 4) is 28.6 Å². The molecule has 0 aliphatic carbocycles. The van der Waals surface area contributed by atoms with Crippen molar-refractivity contribution in [3.05, 3.63) is 112 Å². The number of nitrogens with zero attached hydrogens (tertiary/aromatic N) is 4. The second-order valence-electron chi connectivity index (χ2n) is 7.48. The predicted molar refractivity (Wildman–Crippen MR) is 120 cm³/mol. The van der Waals surface area contributed by atoms with Gasteiger partial charge in [-0.2, -0.15) is 5.26 Å². The molecule has 0 saturated heterocycles. The molecule has 2 heterocycles. The van der Waals surface area contributed by atoms with Crippen LogP contribution in [-0.4, -0.2) is 9.97 Å². The van der Waals surface area contributed by atoms with Crippen LogP contribution in [0.2, 0.25) is 0 Å². The summed E-state index contributed by atoms with van der Waals surface area (Å²) in [6.45, 7) is 6.96. The molecule has 4 rings (SSSR count). The van der Waals surface area contributed by atoms with Crippen LogP contribution in [0.4, 0.5) is 23.2 Å². The normalized spacial score (nSPS) is 10.3. The van der Waals surface area contributed by atoms with Crippen molar-refractivity contribution < 1.29 is 38.6 Å².